The number of para-hydroxylation sites is 1. The molecular formula is C24H21ClN2O2. The van der Waals surface area contributed by atoms with Crippen LogP contribution in [0.5, 0.6) is 5.75 Å². The van der Waals surface area contributed by atoms with Crippen molar-refractivity contribution in [3.8, 4) is 17.1 Å². The summed E-state index contributed by atoms with van der Waals surface area (Å²) in [6, 6.07) is 22.8. The van der Waals surface area contributed by atoms with Crippen molar-refractivity contribution >= 4 is 22.5 Å². The maximum Gasteiger partial charge on any atom is 0.261 e. The maximum absolute atomic E-state index is 13.2. The van der Waals surface area contributed by atoms with Gasteiger partial charge >= 0.3 is 0 Å². The molecule has 0 unspecified atom stereocenters. The summed E-state index contributed by atoms with van der Waals surface area (Å²) in [4.78, 5) is 17.9. The lowest BCUT2D eigenvalue weighted by molar-refractivity contribution is 0.301. The molecule has 0 amide bonds. The van der Waals surface area contributed by atoms with E-state index in [1.54, 1.807) is 4.57 Å². The zero-order valence-corrected chi connectivity index (χ0v) is 16.9. The predicted molar refractivity (Wildman–Crippen MR) is 118 cm³/mol. The summed E-state index contributed by atoms with van der Waals surface area (Å²) in [7, 11) is 0. The van der Waals surface area contributed by atoms with Crippen LogP contribution in [0.4, 0.5) is 0 Å². The first-order chi connectivity index (χ1) is 14.1. The van der Waals surface area contributed by atoms with Crippen molar-refractivity contribution in [2.24, 2.45) is 0 Å². The molecule has 0 aliphatic heterocycles. The van der Waals surface area contributed by atoms with Crippen LogP contribution in [0.2, 0.25) is 5.02 Å². The monoisotopic (exact) mass is 404 g/mol. The summed E-state index contributed by atoms with van der Waals surface area (Å²) in [6.45, 7) is 3.06. The number of fused-ring (bicyclic) bond motifs is 1. The zero-order valence-electron chi connectivity index (χ0n) is 16.1. The molecule has 146 valence electrons. The van der Waals surface area contributed by atoms with Crippen molar-refractivity contribution in [3.63, 3.8) is 0 Å². The molecule has 3 aromatic carbocycles. The smallest absolute Gasteiger partial charge is 0.261 e. The van der Waals surface area contributed by atoms with Gasteiger partial charge < -0.3 is 4.74 Å². The average molecular weight is 405 g/mol. The number of ether oxygens (including phenoxy) is 1. The van der Waals surface area contributed by atoms with Gasteiger partial charge in [0.25, 0.3) is 5.56 Å². The van der Waals surface area contributed by atoms with Gasteiger partial charge in [0.15, 0.2) is 0 Å². The van der Waals surface area contributed by atoms with Crippen LogP contribution in [0.3, 0.4) is 0 Å². The Morgan fingerprint density at radius 2 is 1.79 bits per heavy atom. The Labute approximate surface area is 174 Å². The number of aromatic nitrogens is 2. The highest BCUT2D eigenvalue weighted by molar-refractivity contribution is 6.30. The molecule has 4 aromatic rings. The molecule has 4 rings (SSSR count). The molecule has 0 bridgehead atoms. The van der Waals surface area contributed by atoms with Crippen LogP contribution in [0.15, 0.2) is 77.6 Å². The summed E-state index contributed by atoms with van der Waals surface area (Å²) in [6.07, 6.45) is 0.689. The molecule has 29 heavy (non-hydrogen) atoms. The first kappa shape index (κ1) is 19.2. The van der Waals surface area contributed by atoms with Crippen molar-refractivity contribution in [3.05, 3.63) is 93.7 Å². The maximum atomic E-state index is 13.2. The van der Waals surface area contributed by atoms with E-state index in [1.807, 2.05) is 79.7 Å². The Kier molecular flexibility index (Phi) is 5.63. The number of halogens is 1. The fourth-order valence-corrected chi connectivity index (χ4v) is 3.44. The third-order valence-corrected chi connectivity index (χ3v) is 5.00. The fourth-order valence-electron chi connectivity index (χ4n) is 3.31. The predicted octanol–water partition coefficient (Wildman–Crippen LogP) is 5.49. The van der Waals surface area contributed by atoms with Gasteiger partial charge in [0, 0.05) is 17.1 Å². The van der Waals surface area contributed by atoms with Gasteiger partial charge in [-0.15, -0.1) is 0 Å². The third kappa shape index (κ3) is 4.33. The number of benzene rings is 3. The SMILES string of the molecule is Cc1cccc(OCCCn2c(-c3ccc(Cl)cc3)nc3ccccc3c2=O)c1. The Hall–Kier alpha value is -3.11. The van der Waals surface area contributed by atoms with E-state index < -0.39 is 0 Å². The Morgan fingerprint density at radius 1 is 1.00 bits per heavy atom. The van der Waals surface area contributed by atoms with Crippen molar-refractivity contribution in [2.75, 3.05) is 6.61 Å². The van der Waals surface area contributed by atoms with Crippen LogP contribution < -0.4 is 10.3 Å². The van der Waals surface area contributed by atoms with Gasteiger partial charge in [-0.25, -0.2) is 4.98 Å². The van der Waals surface area contributed by atoms with Crippen LogP contribution >= 0.6 is 11.6 Å². The Morgan fingerprint density at radius 3 is 2.59 bits per heavy atom. The lowest BCUT2D eigenvalue weighted by Crippen LogP contribution is -2.24. The summed E-state index contributed by atoms with van der Waals surface area (Å²) >= 11 is 6.03. The second-order valence-electron chi connectivity index (χ2n) is 6.93. The molecule has 5 heteroatoms. The molecule has 0 N–H and O–H groups in total. The first-order valence-corrected chi connectivity index (χ1v) is 9.94. The fraction of sp³-hybridized carbons (Fsp3) is 0.167. The molecule has 0 aliphatic carbocycles. The first-order valence-electron chi connectivity index (χ1n) is 9.57. The summed E-state index contributed by atoms with van der Waals surface area (Å²) in [5.74, 6) is 1.48. The number of aryl methyl sites for hydroxylation is 1. The quantitative estimate of drug-likeness (QED) is 0.399. The van der Waals surface area contributed by atoms with Gasteiger partial charge in [0.2, 0.25) is 0 Å². The van der Waals surface area contributed by atoms with Crippen LogP contribution in [0, 0.1) is 6.92 Å². The van der Waals surface area contributed by atoms with E-state index in [4.69, 9.17) is 21.3 Å². The third-order valence-electron chi connectivity index (χ3n) is 4.75. The van der Waals surface area contributed by atoms with E-state index in [-0.39, 0.29) is 5.56 Å². The van der Waals surface area contributed by atoms with E-state index in [0.717, 1.165) is 16.9 Å². The van der Waals surface area contributed by atoms with Gasteiger partial charge in [-0.05, 0) is 67.4 Å². The second kappa shape index (κ2) is 8.50. The molecule has 0 spiro atoms. The molecule has 1 heterocycles. The molecule has 0 saturated carbocycles. The largest absolute Gasteiger partial charge is 0.494 e. The second-order valence-corrected chi connectivity index (χ2v) is 7.37. The lowest BCUT2D eigenvalue weighted by Gasteiger charge is -2.14. The molecule has 0 radical (unpaired) electrons. The zero-order chi connectivity index (χ0) is 20.2. The van der Waals surface area contributed by atoms with E-state index in [9.17, 15) is 4.79 Å². The minimum atomic E-state index is -0.0453. The molecule has 1 aromatic heterocycles. The Bertz CT molecular complexity index is 1200. The number of rotatable bonds is 6. The summed E-state index contributed by atoms with van der Waals surface area (Å²) in [5.41, 5.74) is 2.66. The highest BCUT2D eigenvalue weighted by Crippen LogP contribution is 2.21. The molecule has 0 saturated heterocycles. The highest BCUT2D eigenvalue weighted by atomic mass is 35.5. The molecular weight excluding hydrogens is 384 g/mol. The average Bonchev–Trinajstić information content (AvgIpc) is 2.73. The van der Waals surface area contributed by atoms with Crippen LogP contribution in [0.25, 0.3) is 22.3 Å². The van der Waals surface area contributed by atoms with E-state index in [2.05, 4.69) is 0 Å². The van der Waals surface area contributed by atoms with Crippen molar-refractivity contribution < 1.29 is 4.74 Å². The van der Waals surface area contributed by atoms with Gasteiger partial charge in [-0.3, -0.25) is 9.36 Å². The topological polar surface area (TPSA) is 44.1 Å². The molecule has 4 nitrogen and oxygen atoms in total. The van der Waals surface area contributed by atoms with E-state index in [1.165, 1.54) is 0 Å². The van der Waals surface area contributed by atoms with Crippen molar-refractivity contribution in [1.82, 2.24) is 9.55 Å². The molecule has 0 aliphatic rings. The standard InChI is InChI=1S/C24H21ClN2O2/c1-17-6-4-7-20(16-17)29-15-5-14-27-23(18-10-12-19(25)13-11-18)26-22-9-3-2-8-21(22)24(27)28/h2-4,6-13,16H,5,14-15H2,1H3. The van der Waals surface area contributed by atoms with E-state index >= 15 is 0 Å². The van der Waals surface area contributed by atoms with Gasteiger partial charge in [0.05, 0.1) is 17.5 Å². The number of hydrogen-bond donors (Lipinski definition) is 0. The molecule has 0 atom stereocenters. The minimum Gasteiger partial charge on any atom is -0.494 e. The summed E-state index contributed by atoms with van der Waals surface area (Å²) in [5, 5.41) is 1.26. The number of nitrogens with zero attached hydrogens (tertiary/aromatic N) is 2. The van der Waals surface area contributed by atoms with Crippen LogP contribution in [-0.2, 0) is 6.54 Å². The lowest BCUT2D eigenvalue weighted by atomic mass is 10.1. The van der Waals surface area contributed by atoms with Gasteiger partial charge in [-0.2, -0.15) is 0 Å². The van der Waals surface area contributed by atoms with Crippen molar-refractivity contribution in [1.29, 1.82) is 0 Å². The van der Waals surface area contributed by atoms with Gasteiger partial charge in [-0.1, -0.05) is 35.9 Å². The summed E-state index contributed by atoms with van der Waals surface area (Å²) < 4.78 is 7.57. The highest BCUT2D eigenvalue weighted by Gasteiger charge is 2.12. The van der Waals surface area contributed by atoms with Gasteiger partial charge in [0.1, 0.15) is 11.6 Å². The Balaban J connectivity index is 1.62. The van der Waals surface area contributed by atoms with Crippen molar-refractivity contribution in [2.45, 2.75) is 19.9 Å². The minimum absolute atomic E-state index is 0.0453. The van der Waals surface area contributed by atoms with Crippen LogP contribution in [0.1, 0.15) is 12.0 Å². The van der Waals surface area contributed by atoms with E-state index in [0.29, 0.717) is 41.3 Å². The van der Waals surface area contributed by atoms with Crippen LogP contribution in [-0.4, -0.2) is 16.2 Å². The molecule has 0 fully saturated rings. The normalized spacial score (nSPS) is 11.0. The number of hydrogen-bond acceptors (Lipinski definition) is 3.